The summed E-state index contributed by atoms with van der Waals surface area (Å²) in [7, 11) is 0. The van der Waals surface area contributed by atoms with E-state index in [4.69, 9.17) is 0 Å². The Morgan fingerprint density at radius 2 is 1.89 bits per heavy atom. The lowest BCUT2D eigenvalue weighted by molar-refractivity contribution is -0.117. The number of hydrogen-bond donors (Lipinski definition) is 1. The van der Waals surface area contributed by atoms with Crippen molar-refractivity contribution in [3.63, 3.8) is 0 Å². The van der Waals surface area contributed by atoms with Crippen molar-refractivity contribution in [3.05, 3.63) is 66.0 Å². The number of fused-ring (bicyclic) bond motifs is 1. The van der Waals surface area contributed by atoms with Gasteiger partial charge in [-0.1, -0.05) is 49.2 Å². The van der Waals surface area contributed by atoms with E-state index >= 15 is 0 Å². The molecule has 0 saturated heterocycles. The molecule has 2 aromatic carbocycles. The van der Waals surface area contributed by atoms with Gasteiger partial charge in [0, 0.05) is 31.7 Å². The molecule has 1 aromatic heterocycles. The van der Waals surface area contributed by atoms with Gasteiger partial charge in [-0.05, 0) is 80.3 Å². The molecule has 5 rings (SSSR count). The topological polar surface area (TPSA) is 50.2 Å². The Hall–Kier alpha value is -2.92. The van der Waals surface area contributed by atoms with Crippen molar-refractivity contribution in [3.8, 4) is 0 Å². The highest BCUT2D eigenvalue weighted by molar-refractivity contribution is 5.94. The summed E-state index contributed by atoms with van der Waals surface area (Å²) < 4.78 is 2.28. The van der Waals surface area contributed by atoms with Crippen molar-refractivity contribution in [2.24, 2.45) is 5.92 Å². The van der Waals surface area contributed by atoms with E-state index in [1.54, 1.807) is 0 Å². The predicted molar refractivity (Wildman–Crippen MR) is 144 cm³/mol. The van der Waals surface area contributed by atoms with Crippen molar-refractivity contribution >= 4 is 28.2 Å². The summed E-state index contributed by atoms with van der Waals surface area (Å²) in [6.07, 6.45) is 13.4. The average molecular weight is 471 g/mol. The van der Waals surface area contributed by atoms with Gasteiger partial charge in [-0.25, -0.2) is 4.98 Å². The number of hydrogen-bond acceptors (Lipinski definition) is 3. The van der Waals surface area contributed by atoms with Crippen LogP contribution in [0.25, 0.3) is 16.6 Å². The zero-order valence-electron chi connectivity index (χ0n) is 21.0. The highest BCUT2D eigenvalue weighted by atomic mass is 16.1. The summed E-state index contributed by atoms with van der Waals surface area (Å²) in [5, 5.41) is 3.11. The molecule has 0 spiro atoms. The van der Waals surface area contributed by atoms with Gasteiger partial charge in [-0.3, -0.25) is 9.69 Å². The summed E-state index contributed by atoms with van der Waals surface area (Å²) >= 11 is 0. The van der Waals surface area contributed by atoms with Crippen LogP contribution in [0.1, 0.15) is 62.5 Å². The number of unbranched alkanes of at least 4 members (excludes halogenated alkanes) is 1. The molecule has 0 unspecified atom stereocenters. The van der Waals surface area contributed by atoms with Crippen LogP contribution in [0.3, 0.4) is 0 Å². The number of benzene rings is 2. The van der Waals surface area contributed by atoms with Gasteiger partial charge in [0.05, 0.1) is 17.4 Å². The highest BCUT2D eigenvalue weighted by Gasteiger charge is 2.19. The summed E-state index contributed by atoms with van der Waals surface area (Å²) in [4.78, 5) is 19.7. The number of nitrogens with one attached hydrogen (secondary N) is 1. The number of aromatic nitrogens is 2. The molecular weight excluding hydrogens is 432 g/mol. The van der Waals surface area contributed by atoms with Crippen LogP contribution in [0.5, 0.6) is 0 Å². The predicted octanol–water partition coefficient (Wildman–Crippen LogP) is 6.43. The van der Waals surface area contributed by atoms with Gasteiger partial charge < -0.3 is 9.88 Å². The lowest BCUT2D eigenvalue weighted by Gasteiger charge is -2.26. The zero-order chi connectivity index (χ0) is 24.0. The largest absolute Gasteiger partial charge is 0.330 e. The number of carbonyl (C=O) groups is 1. The van der Waals surface area contributed by atoms with Gasteiger partial charge in [-0.2, -0.15) is 0 Å². The van der Waals surface area contributed by atoms with E-state index in [-0.39, 0.29) is 5.91 Å². The first-order chi connectivity index (χ1) is 17.2. The third-order valence-electron chi connectivity index (χ3n) is 7.70. The second-order valence-electron chi connectivity index (χ2n) is 10.4. The number of carbonyl (C=O) groups excluding carboxylic acids is 1. The van der Waals surface area contributed by atoms with Gasteiger partial charge in [0.1, 0.15) is 0 Å². The molecule has 0 atom stereocenters. The van der Waals surface area contributed by atoms with Crippen LogP contribution >= 0.6 is 0 Å². The fourth-order valence-corrected chi connectivity index (χ4v) is 5.80. The SMILES string of the molecule is Cc1cc(NC(=O)CC2CCCC2)cc2ncn(CCCCN3CC=C(c4ccccc4)CC3)c12. The number of aryl methyl sites for hydroxylation is 2. The van der Waals surface area contributed by atoms with E-state index in [1.165, 1.54) is 54.3 Å². The molecule has 1 N–H and O–H groups in total. The lowest BCUT2D eigenvalue weighted by Crippen LogP contribution is -2.29. The first-order valence-electron chi connectivity index (χ1n) is 13.4. The van der Waals surface area contributed by atoms with E-state index in [0.717, 1.165) is 50.2 Å². The molecule has 2 heterocycles. The minimum atomic E-state index is 0.138. The molecule has 1 fully saturated rings. The van der Waals surface area contributed by atoms with Crippen molar-refractivity contribution in [1.29, 1.82) is 0 Å². The minimum Gasteiger partial charge on any atom is -0.330 e. The molecule has 184 valence electrons. The van der Waals surface area contributed by atoms with Crippen LogP contribution in [0.15, 0.2) is 54.9 Å². The Bertz CT molecular complexity index is 1170. The molecule has 2 aliphatic rings. The van der Waals surface area contributed by atoms with E-state index in [2.05, 4.69) is 69.2 Å². The third-order valence-corrected chi connectivity index (χ3v) is 7.70. The molecule has 35 heavy (non-hydrogen) atoms. The number of imidazole rings is 1. The molecule has 1 aliphatic carbocycles. The summed E-state index contributed by atoms with van der Waals surface area (Å²) in [6, 6.07) is 14.9. The molecule has 1 aliphatic heterocycles. The quantitative estimate of drug-likeness (QED) is 0.367. The Labute approximate surface area is 209 Å². The Morgan fingerprint density at radius 3 is 2.66 bits per heavy atom. The van der Waals surface area contributed by atoms with Gasteiger partial charge in [0.2, 0.25) is 5.91 Å². The molecule has 5 heteroatoms. The molecule has 5 nitrogen and oxygen atoms in total. The number of nitrogens with zero attached hydrogens (tertiary/aromatic N) is 3. The standard InChI is InChI=1S/C30H38N4O/c1-23-19-27(32-29(35)20-24-9-5-6-10-24)21-28-30(23)34(22-31-28)16-8-7-15-33-17-13-26(14-18-33)25-11-3-2-4-12-25/h2-4,11-13,19,21-22,24H,5-10,14-18,20H2,1H3,(H,32,35). The molecular formula is C30H38N4O. The second kappa shape index (κ2) is 11.2. The summed E-state index contributed by atoms with van der Waals surface area (Å²) in [5.74, 6) is 0.699. The first-order valence-corrected chi connectivity index (χ1v) is 13.4. The zero-order valence-corrected chi connectivity index (χ0v) is 21.0. The van der Waals surface area contributed by atoms with Crippen LogP contribution in [0.2, 0.25) is 0 Å². The van der Waals surface area contributed by atoms with E-state index in [1.807, 2.05) is 12.4 Å². The molecule has 3 aromatic rings. The van der Waals surface area contributed by atoms with E-state index in [9.17, 15) is 4.79 Å². The average Bonchev–Trinajstić information content (AvgIpc) is 3.53. The van der Waals surface area contributed by atoms with Crippen LogP contribution in [0.4, 0.5) is 5.69 Å². The molecule has 0 bridgehead atoms. The van der Waals surface area contributed by atoms with Crippen molar-refractivity contribution in [1.82, 2.24) is 14.5 Å². The van der Waals surface area contributed by atoms with Crippen molar-refractivity contribution in [2.75, 3.05) is 25.0 Å². The van der Waals surface area contributed by atoms with Crippen LogP contribution in [0, 0.1) is 12.8 Å². The van der Waals surface area contributed by atoms with Gasteiger partial charge in [0.15, 0.2) is 0 Å². The number of anilines is 1. The third kappa shape index (κ3) is 6.02. The first kappa shape index (κ1) is 23.8. The lowest BCUT2D eigenvalue weighted by atomic mass is 9.99. The second-order valence-corrected chi connectivity index (χ2v) is 10.4. The van der Waals surface area contributed by atoms with Crippen LogP contribution in [-0.2, 0) is 11.3 Å². The van der Waals surface area contributed by atoms with Crippen LogP contribution < -0.4 is 5.32 Å². The van der Waals surface area contributed by atoms with E-state index in [0.29, 0.717) is 12.3 Å². The molecule has 1 saturated carbocycles. The fourth-order valence-electron chi connectivity index (χ4n) is 5.80. The summed E-state index contributed by atoms with van der Waals surface area (Å²) in [6.45, 7) is 6.43. The molecule has 1 amide bonds. The maximum atomic E-state index is 12.5. The maximum absolute atomic E-state index is 12.5. The van der Waals surface area contributed by atoms with Crippen molar-refractivity contribution < 1.29 is 4.79 Å². The maximum Gasteiger partial charge on any atom is 0.224 e. The van der Waals surface area contributed by atoms with Gasteiger partial charge in [-0.15, -0.1) is 0 Å². The smallest absolute Gasteiger partial charge is 0.224 e. The Morgan fingerprint density at radius 1 is 1.09 bits per heavy atom. The van der Waals surface area contributed by atoms with Gasteiger partial charge >= 0.3 is 0 Å². The minimum absolute atomic E-state index is 0.138. The number of amides is 1. The fraction of sp³-hybridized carbons (Fsp3) is 0.467. The normalized spacial score (nSPS) is 17.1. The Kier molecular flexibility index (Phi) is 7.63. The summed E-state index contributed by atoms with van der Waals surface area (Å²) in [5.41, 5.74) is 7.05. The number of rotatable bonds is 9. The van der Waals surface area contributed by atoms with Crippen molar-refractivity contribution in [2.45, 2.75) is 64.8 Å². The van der Waals surface area contributed by atoms with E-state index < -0.39 is 0 Å². The molecule has 0 radical (unpaired) electrons. The van der Waals surface area contributed by atoms with Crippen LogP contribution in [-0.4, -0.2) is 40.0 Å². The Balaban J connectivity index is 1.10. The monoisotopic (exact) mass is 470 g/mol. The van der Waals surface area contributed by atoms with Gasteiger partial charge in [0.25, 0.3) is 0 Å². The highest BCUT2D eigenvalue weighted by Crippen LogP contribution is 2.29.